The van der Waals surface area contributed by atoms with E-state index < -0.39 is 0 Å². The Morgan fingerprint density at radius 1 is 0.261 bits per heavy atom. The lowest BCUT2D eigenvalue weighted by Crippen LogP contribution is -2.09. The Hall–Kier alpha value is -9.18. The number of hydrogen-bond donors (Lipinski definition) is 0. The molecule has 69 heavy (non-hydrogen) atoms. The molecular weight excluding hydrogens is 837 g/mol. The summed E-state index contributed by atoms with van der Waals surface area (Å²) in [5.41, 5.74) is 20.3. The van der Waals surface area contributed by atoms with Gasteiger partial charge >= 0.3 is 0 Å². The van der Waals surface area contributed by atoms with Crippen molar-refractivity contribution in [1.29, 1.82) is 0 Å². The minimum Gasteiger partial charge on any atom is -0.456 e. The van der Waals surface area contributed by atoms with Crippen LogP contribution < -0.4 is 4.90 Å². The molecule has 0 radical (unpaired) electrons. The zero-order valence-corrected chi connectivity index (χ0v) is 37.7. The largest absolute Gasteiger partial charge is 0.456 e. The van der Waals surface area contributed by atoms with Crippen LogP contribution in [-0.4, -0.2) is 4.57 Å². The molecule has 13 rings (SSSR count). The first-order chi connectivity index (χ1) is 34.2. The maximum Gasteiger partial charge on any atom is 0.136 e. The highest BCUT2D eigenvalue weighted by Crippen LogP contribution is 2.41. The van der Waals surface area contributed by atoms with Gasteiger partial charge in [0.05, 0.1) is 11.0 Å². The lowest BCUT2D eigenvalue weighted by atomic mass is 9.94. The first-order valence-electron chi connectivity index (χ1n) is 23.6. The highest BCUT2D eigenvalue weighted by atomic mass is 16.3. The summed E-state index contributed by atoms with van der Waals surface area (Å²) in [6.07, 6.45) is 0. The molecule has 0 fully saturated rings. The number of nitrogens with zero attached hydrogens (tertiary/aromatic N) is 2. The Morgan fingerprint density at radius 2 is 0.681 bits per heavy atom. The first kappa shape index (κ1) is 40.1. The van der Waals surface area contributed by atoms with Crippen molar-refractivity contribution in [1.82, 2.24) is 4.57 Å². The molecule has 0 saturated carbocycles. The average molecular weight is 881 g/mol. The van der Waals surface area contributed by atoms with Crippen molar-refractivity contribution in [3.05, 3.63) is 267 Å². The summed E-state index contributed by atoms with van der Waals surface area (Å²) >= 11 is 0. The smallest absolute Gasteiger partial charge is 0.136 e. The minimum absolute atomic E-state index is 0.895. The highest BCUT2D eigenvalue weighted by Gasteiger charge is 2.17. The van der Waals surface area contributed by atoms with Gasteiger partial charge in [-0.25, -0.2) is 0 Å². The van der Waals surface area contributed by atoms with E-state index in [9.17, 15) is 0 Å². The van der Waals surface area contributed by atoms with Gasteiger partial charge in [-0.15, -0.1) is 0 Å². The van der Waals surface area contributed by atoms with E-state index in [0.29, 0.717) is 0 Å². The highest BCUT2D eigenvalue weighted by molar-refractivity contribution is 6.09. The van der Waals surface area contributed by atoms with E-state index in [2.05, 4.69) is 264 Å². The molecule has 0 spiro atoms. The summed E-state index contributed by atoms with van der Waals surface area (Å²) in [6.45, 7) is 0. The minimum atomic E-state index is 0.895. The van der Waals surface area contributed by atoms with Crippen molar-refractivity contribution in [3.63, 3.8) is 0 Å². The van der Waals surface area contributed by atoms with E-state index in [1.807, 2.05) is 12.1 Å². The lowest BCUT2D eigenvalue weighted by Gasteiger charge is -2.26. The molecule has 0 bridgehead atoms. The second kappa shape index (κ2) is 16.9. The number of furan rings is 1. The Morgan fingerprint density at radius 3 is 1.30 bits per heavy atom. The van der Waals surface area contributed by atoms with Gasteiger partial charge in [-0.3, -0.25) is 0 Å². The fourth-order valence-electron chi connectivity index (χ4n) is 10.3. The molecule has 3 nitrogen and oxygen atoms in total. The third-order valence-corrected chi connectivity index (χ3v) is 13.6. The topological polar surface area (TPSA) is 21.3 Å². The standard InChI is InChI=1S/C66H44N2O/c1-2-14-47(15-3-1)57-20-4-5-21-58(57)48-32-39-55(40-33-48)67(54-37-30-46(31-38-54)52-34-41-62-61-24-8-11-27-65(61)69-66(62)44-52)53-35-28-45(29-36-53)49-16-12-17-50(42-49)51-18-13-19-56(43-51)68-63-25-9-6-22-59(63)60-23-7-10-26-64(60)68/h1-44H. The summed E-state index contributed by atoms with van der Waals surface area (Å²) in [4.78, 5) is 2.35. The lowest BCUT2D eigenvalue weighted by molar-refractivity contribution is 0.669. The van der Waals surface area contributed by atoms with Crippen molar-refractivity contribution in [3.8, 4) is 61.3 Å². The molecule has 0 saturated heterocycles. The zero-order valence-electron chi connectivity index (χ0n) is 37.7. The normalized spacial score (nSPS) is 11.5. The van der Waals surface area contributed by atoms with E-state index in [1.54, 1.807) is 0 Å². The van der Waals surface area contributed by atoms with Crippen molar-refractivity contribution in [2.24, 2.45) is 0 Å². The quantitative estimate of drug-likeness (QED) is 0.144. The van der Waals surface area contributed by atoms with Gasteiger partial charge in [0.2, 0.25) is 0 Å². The molecule has 2 heterocycles. The number of hydrogen-bond acceptors (Lipinski definition) is 2. The third-order valence-electron chi connectivity index (χ3n) is 13.6. The fourth-order valence-corrected chi connectivity index (χ4v) is 10.3. The van der Waals surface area contributed by atoms with Crippen LogP contribution >= 0.6 is 0 Å². The van der Waals surface area contributed by atoms with Crippen LogP contribution in [-0.2, 0) is 0 Å². The Kier molecular flexibility index (Phi) is 9.84. The summed E-state index contributed by atoms with van der Waals surface area (Å²) in [6, 6.07) is 96.1. The van der Waals surface area contributed by atoms with Crippen molar-refractivity contribution < 1.29 is 4.42 Å². The van der Waals surface area contributed by atoms with Crippen LogP contribution in [0.15, 0.2) is 271 Å². The van der Waals surface area contributed by atoms with Crippen LogP contribution in [0.5, 0.6) is 0 Å². The molecule has 0 amide bonds. The number of anilines is 3. The summed E-state index contributed by atoms with van der Waals surface area (Å²) < 4.78 is 8.66. The Balaban J connectivity index is 0.847. The van der Waals surface area contributed by atoms with Crippen LogP contribution in [0.1, 0.15) is 0 Å². The predicted molar refractivity (Wildman–Crippen MR) is 290 cm³/mol. The van der Waals surface area contributed by atoms with Gasteiger partial charge in [0.1, 0.15) is 11.2 Å². The third kappa shape index (κ3) is 7.25. The van der Waals surface area contributed by atoms with Gasteiger partial charge in [-0.1, -0.05) is 182 Å². The molecule has 13 aromatic rings. The second-order valence-corrected chi connectivity index (χ2v) is 17.7. The van der Waals surface area contributed by atoms with Crippen molar-refractivity contribution >= 4 is 60.8 Å². The van der Waals surface area contributed by atoms with E-state index in [1.165, 1.54) is 60.8 Å². The van der Waals surface area contributed by atoms with Gasteiger partial charge < -0.3 is 13.9 Å². The van der Waals surface area contributed by atoms with E-state index in [0.717, 1.165) is 61.4 Å². The van der Waals surface area contributed by atoms with E-state index in [4.69, 9.17) is 4.42 Å². The molecule has 324 valence electrons. The molecule has 0 aliphatic heterocycles. The SMILES string of the molecule is c1ccc(-c2ccccc2-c2ccc(N(c3ccc(-c4cccc(-c5cccc(-n6c7ccccc7c7ccccc76)c5)c4)cc3)c3ccc(-c4ccc5c(c4)oc4ccccc45)cc3)cc2)cc1. The van der Waals surface area contributed by atoms with E-state index in [-0.39, 0.29) is 0 Å². The van der Waals surface area contributed by atoms with Crippen molar-refractivity contribution in [2.75, 3.05) is 4.90 Å². The van der Waals surface area contributed by atoms with Crippen LogP contribution in [0.2, 0.25) is 0 Å². The maximum atomic E-state index is 6.27. The Bertz CT molecular complexity index is 3940. The summed E-state index contributed by atoms with van der Waals surface area (Å²) in [7, 11) is 0. The average Bonchev–Trinajstić information content (AvgIpc) is 3.97. The molecule has 0 aliphatic carbocycles. The maximum absolute atomic E-state index is 6.27. The number of fused-ring (bicyclic) bond motifs is 6. The molecule has 0 atom stereocenters. The molecule has 0 unspecified atom stereocenters. The van der Waals surface area contributed by atoms with Crippen LogP contribution in [0, 0.1) is 0 Å². The molecular formula is C66H44N2O. The zero-order chi connectivity index (χ0) is 45.7. The van der Waals surface area contributed by atoms with Crippen LogP contribution in [0.3, 0.4) is 0 Å². The number of benzene rings is 11. The molecule has 0 aliphatic rings. The van der Waals surface area contributed by atoms with Gasteiger partial charge in [-0.05, 0) is 141 Å². The second-order valence-electron chi connectivity index (χ2n) is 17.7. The molecule has 0 N–H and O–H groups in total. The Labute approximate surface area is 401 Å². The van der Waals surface area contributed by atoms with Gasteiger partial charge in [0.15, 0.2) is 0 Å². The number of aromatic nitrogens is 1. The molecule has 11 aromatic carbocycles. The fraction of sp³-hybridized carbons (Fsp3) is 0. The van der Waals surface area contributed by atoms with Crippen LogP contribution in [0.4, 0.5) is 17.1 Å². The van der Waals surface area contributed by atoms with Gasteiger partial charge in [0, 0.05) is 44.3 Å². The molecule has 3 heteroatoms. The van der Waals surface area contributed by atoms with Gasteiger partial charge in [-0.2, -0.15) is 0 Å². The number of para-hydroxylation sites is 3. The van der Waals surface area contributed by atoms with Crippen LogP contribution in [0.25, 0.3) is 105 Å². The molecule has 2 aromatic heterocycles. The predicted octanol–water partition coefficient (Wildman–Crippen LogP) is 18.5. The summed E-state index contributed by atoms with van der Waals surface area (Å²) in [5, 5.41) is 4.79. The number of rotatable bonds is 9. The van der Waals surface area contributed by atoms with Crippen molar-refractivity contribution in [2.45, 2.75) is 0 Å². The monoisotopic (exact) mass is 880 g/mol. The van der Waals surface area contributed by atoms with E-state index >= 15 is 0 Å². The van der Waals surface area contributed by atoms with Gasteiger partial charge in [0.25, 0.3) is 0 Å². The summed E-state index contributed by atoms with van der Waals surface area (Å²) in [5.74, 6) is 0. The first-order valence-corrected chi connectivity index (χ1v) is 23.6.